The summed E-state index contributed by atoms with van der Waals surface area (Å²) >= 11 is 18.3. The molecule has 3 rings (SSSR count). The standard InChI is InChI=1S/C14H10Cl3N3/c1-7-3-2-4-11-13(7)19-14(18)20(11)12-6-9(16)8(15)5-10(12)17/h2-6H,1H3,(H2,18,19). The summed E-state index contributed by atoms with van der Waals surface area (Å²) in [4.78, 5) is 4.39. The van der Waals surface area contributed by atoms with E-state index < -0.39 is 0 Å². The largest absolute Gasteiger partial charge is 0.369 e. The van der Waals surface area contributed by atoms with E-state index >= 15 is 0 Å². The number of imidazole rings is 1. The van der Waals surface area contributed by atoms with Crippen LogP contribution in [0, 0.1) is 6.92 Å². The van der Waals surface area contributed by atoms with Gasteiger partial charge in [0.25, 0.3) is 0 Å². The maximum Gasteiger partial charge on any atom is 0.205 e. The zero-order valence-corrected chi connectivity index (χ0v) is 12.8. The smallest absolute Gasteiger partial charge is 0.205 e. The molecule has 0 amide bonds. The van der Waals surface area contributed by atoms with Crippen LogP contribution in [0.1, 0.15) is 5.56 Å². The minimum Gasteiger partial charge on any atom is -0.369 e. The van der Waals surface area contributed by atoms with Crippen molar-refractivity contribution in [2.24, 2.45) is 0 Å². The van der Waals surface area contributed by atoms with E-state index in [1.807, 2.05) is 25.1 Å². The Morgan fingerprint density at radius 2 is 1.75 bits per heavy atom. The van der Waals surface area contributed by atoms with E-state index in [1.54, 1.807) is 16.7 Å². The van der Waals surface area contributed by atoms with E-state index in [0.717, 1.165) is 16.6 Å². The predicted octanol–water partition coefficient (Wildman–Crippen LogP) is 4.88. The van der Waals surface area contributed by atoms with E-state index in [2.05, 4.69) is 4.98 Å². The topological polar surface area (TPSA) is 43.8 Å². The summed E-state index contributed by atoms with van der Waals surface area (Å²) in [5, 5.41) is 1.28. The highest BCUT2D eigenvalue weighted by atomic mass is 35.5. The highest BCUT2D eigenvalue weighted by Gasteiger charge is 2.15. The number of nitrogens with zero attached hydrogens (tertiary/aromatic N) is 2. The first-order valence-corrected chi connectivity index (χ1v) is 7.01. The summed E-state index contributed by atoms with van der Waals surface area (Å²) in [6.45, 7) is 1.98. The van der Waals surface area contributed by atoms with Crippen LogP contribution in [0.3, 0.4) is 0 Å². The molecule has 102 valence electrons. The SMILES string of the molecule is Cc1cccc2c1nc(N)n2-c1cc(Cl)c(Cl)cc1Cl. The van der Waals surface area contributed by atoms with Crippen LogP contribution in [0.4, 0.5) is 5.95 Å². The normalized spacial score (nSPS) is 11.2. The molecule has 3 aromatic rings. The van der Waals surface area contributed by atoms with Crippen molar-refractivity contribution in [3.8, 4) is 5.69 Å². The van der Waals surface area contributed by atoms with Crippen LogP contribution in [-0.4, -0.2) is 9.55 Å². The van der Waals surface area contributed by atoms with Crippen LogP contribution in [0.15, 0.2) is 30.3 Å². The molecule has 0 aliphatic rings. The molecule has 2 N–H and O–H groups in total. The molecule has 3 nitrogen and oxygen atoms in total. The molecule has 1 aromatic heterocycles. The highest BCUT2D eigenvalue weighted by molar-refractivity contribution is 6.43. The third kappa shape index (κ3) is 2.03. The second-order valence-electron chi connectivity index (χ2n) is 4.47. The fraction of sp³-hybridized carbons (Fsp3) is 0.0714. The lowest BCUT2D eigenvalue weighted by molar-refractivity contribution is 1.11. The van der Waals surface area contributed by atoms with Crippen LogP contribution in [0.25, 0.3) is 16.7 Å². The number of anilines is 1. The molecule has 0 saturated heterocycles. The fourth-order valence-electron chi connectivity index (χ4n) is 2.19. The molecule has 1 heterocycles. The molecule has 0 aliphatic heterocycles. The van der Waals surface area contributed by atoms with E-state index in [1.165, 1.54) is 0 Å². The number of fused-ring (bicyclic) bond motifs is 1. The van der Waals surface area contributed by atoms with Gasteiger partial charge in [0.05, 0.1) is 31.8 Å². The number of aryl methyl sites for hydroxylation is 1. The van der Waals surface area contributed by atoms with Crippen LogP contribution >= 0.6 is 34.8 Å². The van der Waals surface area contributed by atoms with Gasteiger partial charge in [-0.1, -0.05) is 46.9 Å². The number of nitrogens with two attached hydrogens (primary N) is 1. The van der Waals surface area contributed by atoms with Crippen molar-refractivity contribution < 1.29 is 0 Å². The molecule has 2 aromatic carbocycles. The summed E-state index contributed by atoms with van der Waals surface area (Å²) in [5.41, 5.74) is 9.45. The Balaban J connectivity index is 2.38. The number of aromatic nitrogens is 2. The molecule has 0 saturated carbocycles. The van der Waals surface area contributed by atoms with Gasteiger partial charge in [0.1, 0.15) is 0 Å². The van der Waals surface area contributed by atoms with E-state index in [4.69, 9.17) is 40.5 Å². The Kier molecular flexibility index (Phi) is 3.28. The van der Waals surface area contributed by atoms with Crippen LogP contribution < -0.4 is 5.73 Å². The predicted molar refractivity (Wildman–Crippen MR) is 85.2 cm³/mol. The molecular formula is C14H10Cl3N3. The van der Waals surface area contributed by atoms with Crippen molar-refractivity contribution in [1.82, 2.24) is 9.55 Å². The third-order valence-electron chi connectivity index (χ3n) is 3.14. The van der Waals surface area contributed by atoms with E-state index in [9.17, 15) is 0 Å². The van der Waals surface area contributed by atoms with Crippen molar-refractivity contribution in [3.63, 3.8) is 0 Å². The van der Waals surface area contributed by atoms with Gasteiger partial charge in [0, 0.05) is 0 Å². The number of rotatable bonds is 1. The van der Waals surface area contributed by atoms with Crippen molar-refractivity contribution in [2.45, 2.75) is 6.92 Å². The second-order valence-corrected chi connectivity index (χ2v) is 5.69. The van der Waals surface area contributed by atoms with Crippen LogP contribution in [-0.2, 0) is 0 Å². The van der Waals surface area contributed by atoms with Gasteiger partial charge in [-0.25, -0.2) is 4.98 Å². The van der Waals surface area contributed by atoms with Gasteiger partial charge in [-0.3, -0.25) is 4.57 Å². The number of para-hydroxylation sites is 1. The average Bonchev–Trinajstić information content (AvgIpc) is 2.72. The molecule has 0 bridgehead atoms. The lowest BCUT2D eigenvalue weighted by Gasteiger charge is -2.10. The van der Waals surface area contributed by atoms with Crippen LogP contribution in [0.2, 0.25) is 15.1 Å². The van der Waals surface area contributed by atoms with Crippen molar-refractivity contribution >= 4 is 51.8 Å². The first kappa shape index (κ1) is 13.6. The number of nitrogen functional groups attached to an aromatic ring is 1. The zero-order valence-electron chi connectivity index (χ0n) is 10.5. The van der Waals surface area contributed by atoms with E-state index in [-0.39, 0.29) is 0 Å². The fourth-order valence-corrected chi connectivity index (χ4v) is 2.82. The molecule has 0 unspecified atom stereocenters. The molecule has 0 spiro atoms. The van der Waals surface area contributed by atoms with Gasteiger partial charge >= 0.3 is 0 Å². The summed E-state index contributed by atoms with van der Waals surface area (Å²) in [5.74, 6) is 0.356. The second kappa shape index (κ2) is 4.85. The molecule has 6 heteroatoms. The Morgan fingerprint density at radius 1 is 1.05 bits per heavy atom. The van der Waals surface area contributed by atoms with Crippen molar-refractivity contribution in [3.05, 3.63) is 51.0 Å². The molecule has 0 fully saturated rings. The highest BCUT2D eigenvalue weighted by Crippen LogP contribution is 2.34. The Labute approximate surface area is 130 Å². The van der Waals surface area contributed by atoms with Crippen molar-refractivity contribution in [1.29, 1.82) is 0 Å². The molecule has 20 heavy (non-hydrogen) atoms. The van der Waals surface area contributed by atoms with Gasteiger partial charge in [0.2, 0.25) is 5.95 Å². The Bertz CT molecular complexity index is 824. The van der Waals surface area contributed by atoms with Gasteiger partial charge in [-0.05, 0) is 30.7 Å². The molecule has 0 radical (unpaired) electrons. The van der Waals surface area contributed by atoms with Crippen LogP contribution in [0.5, 0.6) is 0 Å². The summed E-state index contributed by atoms with van der Waals surface area (Å²) in [6.07, 6.45) is 0. The first-order valence-electron chi connectivity index (χ1n) is 5.87. The molecule has 0 aliphatic carbocycles. The van der Waals surface area contributed by atoms with Gasteiger partial charge in [-0.15, -0.1) is 0 Å². The van der Waals surface area contributed by atoms with Gasteiger partial charge in [0.15, 0.2) is 0 Å². The zero-order chi connectivity index (χ0) is 14.4. The number of halogens is 3. The lowest BCUT2D eigenvalue weighted by Crippen LogP contribution is -2.01. The minimum atomic E-state index is 0.356. The lowest BCUT2D eigenvalue weighted by atomic mass is 10.2. The van der Waals surface area contributed by atoms with E-state index in [0.29, 0.717) is 26.7 Å². The van der Waals surface area contributed by atoms with Gasteiger partial charge < -0.3 is 5.73 Å². The number of benzene rings is 2. The minimum absolute atomic E-state index is 0.356. The van der Waals surface area contributed by atoms with Crippen molar-refractivity contribution in [2.75, 3.05) is 5.73 Å². The maximum absolute atomic E-state index is 6.26. The Morgan fingerprint density at radius 3 is 2.50 bits per heavy atom. The maximum atomic E-state index is 6.26. The summed E-state index contributed by atoms with van der Waals surface area (Å²) in [7, 11) is 0. The number of hydrogen-bond acceptors (Lipinski definition) is 2. The quantitative estimate of drug-likeness (QED) is 0.648. The molecular weight excluding hydrogens is 317 g/mol. The third-order valence-corrected chi connectivity index (χ3v) is 4.17. The molecule has 0 atom stereocenters. The number of hydrogen-bond donors (Lipinski definition) is 1. The average molecular weight is 327 g/mol. The monoisotopic (exact) mass is 325 g/mol. The Hall–Kier alpha value is -1.42. The van der Waals surface area contributed by atoms with Gasteiger partial charge in [-0.2, -0.15) is 0 Å². The summed E-state index contributed by atoms with van der Waals surface area (Å²) < 4.78 is 1.77. The summed E-state index contributed by atoms with van der Waals surface area (Å²) in [6, 6.07) is 9.15. The first-order chi connectivity index (χ1) is 9.49.